The highest BCUT2D eigenvalue weighted by Crippen LogP contribution is 2.17. The van der Waals surface area contributed by atoms with Crippen LogP contribution in [0.3, 0.4) is 0 Å². The molecule has 1 aromatic rings. The molecule has 3 nitrogen and oxygen atoms in total. The number of halogens is 1. The Labute approximate surface area is 113 Å². The number of hydrogen-bond donors (Lipinski definition) is 1. The van der Waals surface area contributed by atoms with Gasteiger partial charge in [-0.3, -0.25) is 4.79 Å². The van der Waals surface area contributed by atoms with Crippen LogP contribution in [0.25, 0.3) is 0 Å². The van der Waals surface area contributed by atoms with E-state index < -0.39 is 0 Å². The predicted molar refractivity (Wildman–Crippen MR) is 74.9 cm³/mol. The summed E-state index contributed by atoms with van der Waals surface area (Å²) in [7, 11) is 0. The van der Waals surface area contributed by atoms with Gasteiger partial charge in [-0.1, -0.05) is 24.6 Å². The van der Waals surface area contributed by atoms with Gasteiger partial charge in [0.2, 0.25) is 5.91 Å². The van der Waals surface area contributed by atoms with E-state index in [0.29, 0.717) is 11.6 Å². The molecule has 0 unspecified atom stereocenters. The number of rotatable bonds is 3. The minimum atomic E-state index is 0.168. The minimum Gasteiger partial charge on any atom is -0.376 e. The second-order valence-electron chi connectivity index (χ2n) is 4.93. The van der Waals surface area contributed by atoms with Crippen LogP contribution in [0, 0.1) is 5.92 Å². The Morgan fingerprint density at radius 1 is 1.44 bits per heavy atom. The zero-order valence-corrected chi connectivity index (χ0v) is 11.4. The molecule has 0 spiro atoms. The van der Waals surface area contributed by atoms with Gasteiger partial charge in [0.1, 0.15) is 0 Å². The Bertz CT molecular complexity index is 414. The molecular formula is C14H19ClN2O. The van der Waals surface area contributed by atoms with E-state index in [-0.39, 0.29) is 5.91 Å². The van der Waals surface area contributed by atoms with Crippen LogP contribution < -0.4 is 5.32 Å². The number of likely N-dealkylation sites (tertiary alicyclic amines) is 1. The van der Waals surface area contributed by atoms with Crippen LogP contribution in [0.1, 0.15) is 19.8 Å². The molecule has 0 saturated carbocycles. The Morgan fingerprint density at radius 2 is 2.17 bits per heavy atom. The maximum absolute atomic E-state index is 12.0. The summed E-state index contributed by atoms with van der Waals surface area (Å²) in [5.41, 5.74) is 0.890. The van der Waals surface area contributed by atoms with Gasteiger partial charge in [0.15, 0.2) is 0 Å². The second-order valence-corrected chi connectivity index (χ2v) is 5.36. The SMILES string of the molecule is CC1CCN(C(=O)CNc2cccc(Cl)c2)CC1. The lowest BCUT2D eigenvalue weighted by Gasteiger charge is -2.30. The fourth-order valence-electron chi connectivity index (χ4n) is 2.15. The smallest absolute Gasteiger partial charge is 0.241 e. The highest BCUT2D eigenvalue weighted by Gasteiger charge is 2.19. The number of carbonyl (C=O) groups excluding carboxylic acids is 1. The largest absolute Gasteiger partial charge is 0.376 e. The van der Waals surface area contributed by atoms with Crippen molar-refractivity contribution in [3.63, 3.8) is 0 Å². The second kappa shape index (κ2) is 6.10. The van der Waals surface area contributed by atoms with Crippen molar-refractivity contribution in [3.8, 4) is 0 Å². The van der Waals surface area contributed by atoms with Gasteiger partial charge in [0.25, 0.3) is 0 Å². The molecule has 2 rings (SSSR count). The summed E-state index contributed by atoms with van der Waals surface area (Å²) in [5, 5.41) is 3.80. The monoisotopic (exact) mass is 266 g/mol. The molecule has 0 radical (unpaired) electrons. The molecule has 1 aromatic carbocycles. The van der Waals surface area contributed by atoms with Gasteiger partial charge in [-0.15, -0.1) is 0 Å². The molecule has 0 bridgehead atoms. The van der Waals surface area contributed by atoms with E-state index >= 15 is 0 Å². The summed E-state index contributed by atoms with van der Waals surface area (Å²) >= 11 is 5.89. The van der Waals surface area contributed by atoms with Crippen molar-refractivity contribution < 1.29 is 4.79 Å². The molecule has 1 heterocycles. The number of anilines is 1. The van der Waals surface area contributed by atoms with Crippen molar-refractivity contribution in [2.45, 2.75) is 19.8 Å². The molecule has 1 amide bonds. The summed E-state index contributed by atoms with van der Waals surface area (Å²) in [4.78, 5) is 13.9. The van der Waals surface area contributed by atoms with Crippen LogP contribution in [0.5, 0.6) is 0 Å². The number of carbonyl (C=O) groups is 1. The summed E-state index contributed by atoms with van der Waals surface area (Å²) in [6.45, 7) is 4.36. The normalized spacial score (nSPS) is 16.7. The Hall–Kier alpha value is -1.22. The molecule has 1 saturated heterocycles. The zero-order valence-electron chi connectivity index (χ0n) is 10.7. The number of piperidine rings is 1. The van der Waals surface area contributed by atoms with E-state index in [2.05, 4.69) is 12.2 Å². The summed E-state index contributed by atoms with van der Waals surface area (Å²) < 4.78 is 0. The molecule has 0 aliphatic carbocycles. The number of nitrogens with one attached hydrogen (secondary N) is 1. The third kappa shape index (κ3) is 3.64. The van der Waals surface area contributed by atoms with Crippen molar-refractivity contribution in [1.29, 1.82) is 0 Å². The third-order valence-corrected chi connectivity index (χ3v) is 3.64. The van der Waals surface area contributed by atoms with Crippen LogP contribution in [-0.2, 0) is 4.79 Å². The molecule has 0 atom stereocenters. The lowest BCUT2D eigenvalue weighted by molar-refractivity contribution is -0.130. The predicted octanol–water partition coefficient (Wildman–Crippen LogP) is 3.01. The lowest BCUT2D eigenvalue weighted by Crippen LogP contribution is -2.40. The Kier molecular flexibility index (Phi) is 4.48. The molecule has 4 heteroatoms. The van der Waals surface area contributed by atoms with Crippen molar-refractivity contribution in [2.75, 3.05) is 25.0 Å². The first kappa shape index (κ1) is 13.2. The van der Waals surface area contributed by atoms with Gasteiger partial charge in [0.05, 0.1) is 6.54 Å². The topological polar surface area (TPSA) is 32.3 Å². The van der Waals surface area contributed by atoms with Gasteiger partial charge in [-0.25, -0.2) is 0 Å². The third-order valence-electron chi connectivity index (χ3n) is 3.40. The van der Waals surface area contributed by atoms with Crippen molar-refractivity contribution in [3.05, 3.63) is 29.3 Å². The highest BCUT2D eigenvalue weighted by atomic mass is 35.5. The summed E-state index contributed by atoms with van der Waals surface area (Å²) in [6.07, 6.45) is 2.23. The molecular weight excluding hydrogens is 248 g/mol. The van der Waals surface area contributed by atoms with Gasteiger partial charge >= 0.3 is 0 Å². The van der Waals surface area contributed by atoms with E-state index in [0.717, 1.165) is 37.5 Å². The molecule has 1 aliphatic heterocycles. The first-order chi connectivity index (χ1) is 8.65. The van der Waals surface area contributed by atoms with Gasteiger partial charge in [-0.05, 0) is 37.0 Å². The van der Waals surface area contributed by atoms with E-state index in [1.807, 2.05) is 29.2 Å². The Balaban J connectivity index is 1.81. The van der Waals surface area contributed by atoms with E-state index in [1.54, 1.807) is 0 Å². The van der Waals surface area contributed by atoms with E-state index in [1.165, 1.54) is 0 Å². The number of hydrogen-bond acceptors (Lipinski definition) is 2. The van der Waals surface area contributed by atoms with Crippen molar-refractivity contribution in [2.24, 2.45) is 5.92 Å². The van der Waals surface area contributed by atoms with Crippen molar-refractivity contribution in [1.82, 2.24) is 4.90 Å². The van der Waals surface area contributed by atoms with Crippen LogP contribution in [0.4, 0.5) is 5.69 Å². The van der Waals surface area contributed by atoms with Crippen LogP contribution >= 0.6 is 11.6 Å². The van der Waals surface area contributed by atoms with E-state index in [4.69, 9.17) is 11.6 Å². The van der Waals surface area contributed by atoms with Gasteiger partial charge < -0.3 is 10.2 Å². The van der Waals surface area contributed by atoms with Crippen LogP contribution in [0.2, 0.25) is 5.02 Å². The molecule has 1 N–H and O–H groups in total. The first-order valence-electron chi connectivity index (χ1n) is 6.42. The highest BCUT2D eigenvalue weighted by molar-refractivity contribution is 6.30. The molecule has 98 valence electrons. The Morgan fingerprint density at radius 3 is 2.83 bits per heavy atom. The minimum absolute atomic E-state index is 0.168. The maximum Gasteiger partial charge on any atom is 0.241 e. The average Bonchev–Trinajstić information content (AvgIpc) is 2.37. The zero-order chi connectivity index (χ0) is 13.0. The van der Waals surface area contributed by atoms with E-state index in [9.17, 15) is 4.79 Å². The van der Waals surface area contributed by atoms with Gasteiger partial charge in [-0.2, -0.15) is 0 Å². The maximum atomic E-state index is 12.0. The molecule has 0 aromatic heterocycles. The van der Waals surface area contributed by atoms with Crippen LogP contribution in [-0.4, -0.2) is 30.4 Å². The molecule has 18 heavy (non-hydrogen) atoms. The number of nitrogens with zero attached hydrogens (tertiary/aromatic N) is 1. The summed E-state index contributed by atoms with van der Waals surface area (Å²) in [6, 6.07) is 7.43. The first-order valence-corrected chi connectivity index (χ1v) is 6.80. The standard InChI is InChI=1S/C14H19ClN2O/c1-11-5-7-17(8-6-11)14(18)10-16-13-4-2-3-12(15)9-13/h2-4,9,11,16H,5-8,10H2,1H3. The fourth-order valence-corrected chi connectivity index (χ4v) is 2.34. The number of amides is 1. The summed E-state index contributed by atoms with van der Waals surface area (Å²) in [5.74, 6) is 0.914. The average molecular weight is 267 g/mol. The molecule has 1 fully saturated rings. The van der Waals surface area contributed by atoms with Crippen LogP contribution in [0.15, 0.2) is 24.3 Å². The number of benzene rings is 1. The quantitative estimate of drug-likeness (QED) is 0.912. The fraction of sp³-hybridized carbons (Fsp3) is 0.500. The van der Waals surface area contributed by atoms with Crippen molar-refractivity contribution >= 4 is 23.2 Å². The lowest BCUT2D eigenvalue weighted by atomic mass is 9.99. The molecule has 1 aliphatic rings. The van der Waals surface area contributed by atoms with Gasteiger partial charge in [0, 0.05) is 23.8 Å².